The van der Waals surface area contributed by atoms with E-state index in [2.05, 4.69) is 15.9 Å². The molecule has 0 aromatic heterocycles. The van der Waals surface area contributed by atoms with E-state index in [0.717, 1.165) is 0 Å². The minimum absolute atomic E-state index is 0.0797. The molecule has 0 amide bonds. The van der Waals surface area contributed by atoms with Crippen molar-refractivity contribution in [1.82, 2.24) is 0 Å². The van der Waals surface area contributed by atoms with Crippen LogP contribution in [0.4, 0.5) is 5.69 Å². The number of nitro groups is 1. The van der Waals surface area contributed by atoms with Crippen LogP contribution in [0, 0.1) is 10.1 Å². The Bertz CT molecular complexity index is 386. The summed E-state index contributed by atoms with van der Waals surface area (Å²) in [5.74, 6) is 0. The number of alkyl halides is 1. The SMILES string of the molecule is COCC(Cl)Cc1ccc(Br)cc1[N+](=O)[O-]. The topological polar surface area (TPSA) is 52.4 Å². The Labute approximate surface area is 107 Å². The first kappa shape index (κ1) is 13.4. The summed E-state index contributed by atoms with van der Waals surface area (Å²) in [7, 11) is 1.55. The molecule has 0 saturated carbocycles. The highest BCUT2D eigenvalue weighted by Crippen LogP contribution is 2.25. The van der Waals surface area contributed by atoms with Crippen LogP contribution in [0.15, 0.2) is 22.7 Å². The maximum atomic E-state index is 10.8. The first-order valence-electron chi connectivity index (χ1n) is 4.60. The van der Waals surface area contributed by atoms with E-state index in [9.17, 15) is 10.1 Å². The lowest BCUT2D eigenvalue weighted by Gasteiger charge is -2.08. The number of hydrogen-bond donors (Lipinski definition) is 0. The molecule has 1 aromatic rings. The quantitative estimate of drug-likeness (QED) is 0.477. The number of hydrogen-bond acceptors (Lipinski definition) is 3. The number of ether oxygens (including phenoxy) is 1. The molecular weight excluding hydrogens is 297 g/mol. The second-order valence-electron chi connectivity index (χ2n) is 3.29. The van der Waals surface area contributed by atoms with E-state index in [4.69, 9.17) is 16.3 Å². The van der Waals surface area contributed by atoms with Gasteiger partial charge in [0.1, 0.15) is 0 Å². The van der Waals surface area contributed by atoms with Crippen LogP contribution in [0.25, 0.3) is 0 Å². The molecule has 0 saturated heterocycles. The van der Waals surface area contributed by atoms with Crippen molar-refractivity contribution in [3.8, 4) is 0 Å². The molecule has 0 spiro atoms. The normalized spacial score (nSPS) is 12.4. The molecule has 0 N–H and O–H groups in total. The summed E-state index contributed by atoms with van der Waals surface area (Å²) in [6.07, 6.45) is 0.416. The molecule has 1 rings (SSSR count). The highest BCUT2D eigenvalue weighted by molar-refractivity contribution is 9.10. The summed E-state index contributed by atoms with van der Waals surface area (Å²) in [4.78, 5) is 10.4. The van der Waals surface area contributed by atoms with Gasteiger partial charge in [0, 0.05) is 23.2 Å². The molecule has 0 aliphatic rings. The molecule has 1 unspecified atom stereocenters. The van der Waals surface area contributed by atoms with Crippen molar-refractivity contribution in [2.45, 2.75) is 11.8 Å². The average molecular weight is 309 g/mol. The van der Waals surface area contributed by atoms with Crippen molar-refractivity contribution in [3.05, 3.63) is 38.3 Å². The van der Waals surface area contributed by atoms with Crippen molar-refractivity contribution < 1.29 is 9.66 Å². The third-order valence-corrected chi connectivity index (χ3v) is 2.81. The molecule has 0 aliphatic heterocycles. The van der Waals surface area contributed by atoms with Gasteiger partial charge in [-0.05, 0) is 12.5 Å². The fourth-order valence-corrected chi connectivity index (χ4v) is 2.00. The summed E-state index contributed by atoms with van der Waals surface area (Å²) in [5, 5.41) is 10.6. The smallest absolute Gasteiger partial charge is 0.273 e. The predicted octanol–water partition coefficient (Wildman–Crippen LogP) is 3.15. The fourth-order valence-electron chi connectivity index (χ4n) is 1.36. The van der Waals surface area contributed by atoms with E-state index in [1.807, 2.05) is 0 Å². The van der Waals surface area contributed by atoms with Crippen LogP contribution >= 0.6 is 27.5 Å². The number of benzene rings is 1. The Morgan fingerprint density at radius 1 is 1.62 bits per heavy atom. The number of halogens is 2. The molecular formula is C10H11BrClNO3. The average Bonchev–Trinajstić information content (AvgIpc) is 2.20. The van der Waals surface area contributed by atoms with Gasteiger partial charge in [-0.2, -0.15) is 0 Å². The van der Waals surface area contributed by atoms with Crippen molar-refractivity contribution in [2.24, 2.45) is 0 Å². The molecule has 4 nitrogen and oxygen atoms in total. The van der Waals surface area contributed by atoms with E-state index in [1.165, 1.54) is 6.07 Å². The molecule has 6 heteroatoms. The Hall–Kier alpha value is -0.650. The number of methoxy groups -OCH3 is 1. The molecule has 0 aliphatic carbocycles. The van der Waals surface area contributed by atoms with E-state index in [1.54, 1.807) is 19.2 Å². The second-order valence-corrected chi connectivity index (χ2v) is 4.82. The Morgan fingerprint density at radius 3 is 2.88 bits per heavy atom. The zero-order chi connectivity index (χ0) is 12.1. The van der Waals surface area contributed by atoms with Crippen molar-refractivity contribution >= 4 is 33.2 Å². The predicted molar refractivity (Wildman–Crippen MR) is 66.0 cm³/mol. The minimum atomic E-state index is -0.406. The van der Waals surface area contributed by atoms with Gasteiger partial charge in [0.2, 0.25) is 0 Å². The van der Waals surface area contributed by atoms with Gasteiger partial charge >= 0.3 is 0 Å². The molecule has 0 heterocycles. The summed E-state index contributed by atoms with van der Waals surface area (Å²) < 4.78 is 5.57. The Morgan fingerprint density at radius 2 is 2.31 bits per heavy atom. The largest absolute Gasteiger partial charge is 0.383 e. The zero-order valence-electron chi connectivity index (χ0n) is 8.65. The van der Waals surface area contributed by atoms with E-state index in [-0.39, 0.29) is 11.1 Å². The van der Waals surface area contributed by atoms with Gasteiger partial charge in [0.15, 0.2) is 0 Å². The number of rotatable bonds is 5. The van der Waals surface area contributed by atoms with Crippen molar-refractivity contribution in [1.29, 1.82) is 0 Å². The molecule has 1 atom stereocenters. The van der Waals surface area contributed by atoms with E-state index < -0.39 is 4.92 Å². The first-order valence-corrected chi connectivity index (χ1v) is 5.83. The van der Waals surface area contributed by atoms with Crippen LogP contribution in [0.2, 0.25) is 0 Å². The van der Waals surface area contributed by atoms with Crippen molar-refractivity contribution in [3.63, 3.8) is 0 Å². The third-order valence-electron chi connectivity index (χ3n) is 2.03. The maximum Gasteiger partial charge on any atom is 0.273 e. The Kier molecular flexibility index (Phi) is 5.18. The molecule has 16 heavy (non-hydrogen) atoms. The van der Waals surface area contributed by atoms with Gasteiger partial charge in [-0.15, -0.1) is 11.6 Å². The summed E-state index contributed by atoms with van der Waals surface area (Å²) in [6, 6.07) is 4.94. The number of nitro benzene ring substituents is 1. The highest BCUT2D eigenvalue weighted by atomic mass is 79.9. The van der Waals surface area contributed by atoms with Gasteiger partial charge in [-0.3, -0.25) is 10.1 Å². The fraction of sp³-hybridized carbons (Fsp3) is 0.400. The van der Waals surface area contributed by atoms with Crippen LogP contribution in [-0.4, -0.2) is 24.0 Å². The minimum Gasteiger partial charge on any atom is -0.383 e. The van der Waals surface area contributed by atoms with Crippen LogP contribution in [-0.2, 0) is 11.2 Å². The highest BCUT2D eigenvalue weighted by Gasteiger charge is 2.17. The van der Waals surface area contributed by atoms with Crippen LogP contribution in [0.1, 0.15) is 5.56 Å². The van der Waals surface area contributed by atoms with Crippen LogP contribution < -0.4 is 0 Å². The lowest BCUT2D eigenvalue weighted by Crippen LogP contribution is -2.11. The van der Waals surface area contributed by atoms with E-state index in [0.29, 0.717) is 23.1 Å². The molecule has 88 valence electrons. The monoisotopic (exact) mass is 307 g/mol. The van der Waals surface area contributed by atoms with Gasteiger partial charge in [-0.25, -0.2) is 0 Å². The third kappa shape index (κ3) is 3.73. The summed E-state index contributed by atoms with van der Waals surface area (Å²) in [6.45, 7) is 0.370. The molecule has 0 radical (unpaired) electrons. The van der Waals surface area contributed by atoms with Gasteiger partial charge in [0.25, 0.3) is 5.69 Å². The van der Waals surface area contributed by atoms with Crippen LogP contribution in [0.5, 0.6) is 0 Å². The molecule has 0 fully saturated rings. The maximum absolute atomic E-state index is 10.8. The standard InChI is InChI=1S/C10H11BrClNO3/c1-16-6-9(12)4-7-2-3-8(11)5-10(7)13(14)15/h2-3,5,9H,4,6H2,1H3. The Balaban J connectivity index is 2.90. The van der Waals surface area contributed by atoms with Gasteiger partial charge < -0.3 is 4.74 Å². The van der Waals surface area contributed by atoms with Crippen molar-refractivity contribution in [2.75, 3.05) is 13.7 Å². The van der Waals surface area contributed by atoms with Gasteiger partial charge in [0.05, 0.1) is 16.9 Å². The summed E-state index contributed by atoms with van der Waals surface area (Å²) >= 11 is 9.17. The first-order chi connectivity index (χ1) is 7.54. The molecule has 0 bridgehead atoms. The van der Waals surface area contributed by atoms with Crippen LogP contribution in [0.3, 0.4) is 0 Å². The van der Waals surface area contributed by atoms with Gasteiger partial charge in [-0.1, -0.05) is 22.0 Å². The lowest BCUT2D eigenvalue weighted by atomic mass is 10.1. The van der Waals surface area contributed by atoms with E-state index >= 15 is 0 Å². The second kappa shape index (κ2) is 6.18. The lowest BCUT2D eigenvalue weighted by molar-refractivity contribution is -0.385. The summed E-state index contributed by atoms with van der Waals surface area (Å²) in [5.41, 5.74) is 0.696. The number of nitrogens with zero attached hydrogens (tertiary/aromatic N) is 1. The molecule has 1 aromatic carbocycles. The zero-order valence-corrected chi connectivity index (χ0v) is 11.0.